The van der Waals surface area contributed by atoms with Gasteiger partial charge in [0.15, 0.2) is 11.6 Å². The fourth-order valence-electron chi connectivity index (χ4n) is 8.55. The zero-order valence-electron chi connectivity index (χ0n) is 30.9. The summed E-state index contributed by atoms with van der Waals surface area (Å²) in [5, 5.41) is 2.41. The Kier molecular flexibility index (Phi) is 8.89. The molecule has 0 aliphatic heterocycles. The second-order valence-corrected chi connectivity index (χ2v) is 15.6. The first-order valence-electron chi connectivity index (χ1n) is 19.5. The average Bonchev–Trinajstić information content (AvgIpc) is 3.67. The molecule has 0 fully saturated rings. The van der Waals surface area contributed by atoms with Crippen molar-refractivity contribution in [1.82, 2.24) is 15.0 Å². The molecule has 8 aromatic rings. The highest BCUT2D eigenvalue weighted by Crippen LogP contribution is 2.47. The van der Waals surface area contributed by atoms with E-state index in [9.17, 15) is 0 Å². The first-order valence-corrected chi connectivity index (χ1v) is 20.3. The number of rotatable bonds is 8. The molecule has 0 saturated heterocycles. The van der Waals surface area contributed by atoms with Crippen LogP contribution in [0, 0.1) is 0 Å². The highest BCUT2D eigenvalue weighted by Gasteiger charge is 2.38. The fourth-order valence-corrected chi connectivity index (χ4v) is 9.72. The second-order valence-electron chi connectivity index (χ2n) is 14.6. The molecule has 1 atom stereocenters. The van der Waals surface area contributed by atoms with Crippen LogP contribution >= 0.6 is 11.3 Å². The Hall–Kier alpha value is -6.49. The Morgan fingerprint density at radius 2 is 1.21 bits per heavy atom. The summed E-state index contributed by atoms with van der Waals surface area (Å²) in [4.78, 5) is 15.7. The van der Waals surface area contributed by atoms with Gasteiger partial charge in [-0.05, 0) is 76.9 Å². The van der Waals surface area contributed by atoms with Crippen LogP contribution in [-0.2, 0) is 5.41 Å². The minimum absolute atomic E-state index is 0.0883. The van der Waals surface area contributed by atoms with Gasteiger partial charge in [-0.15, -0.1) is 11.3 Å². The lowest BCUT2D eigenvalue weighted by atomic mass is 9.65. The minimum atomic E-state index is -0.550. The molecule has 0 amide bonds. The molecule has 6 aromatic carbocycles. The van der Waals surface area contributed by atoms with Crippen molar-refractivity contribution in [2.45, 2.75) is 30.6 Å². The molecule has 0 saturated carbocycles. The number of hydrogen-bond donors (Lipinski definition) is 0. The third-order valence-corrected chi connectivity index (χ3v) is 12.3. The van der Waals surface area contributed by atoms with E-state index < -0.39 is 5.41 Å². The van der Waals surface area contributed by atoms with Crippen LogP contribution in [0.5, 0.6) is 0 Å². The maximum Gasteiger partial charge on any atom is 0.164 e. The van der Waals surface area contributed by atoms with Crippen LogP contribution in [0.4, 0.5) is 0 Å². The van der Waals surface area contributed by atoms with Gasteiger partial charge >= 0.3 is 0 Å². The van der Waals surface area contributed by atoms with Crippen LogP contribution in [0.2, 0.25) is 0 Å². The van der Waals surface area contributed by atoms with Gasteiger partial charge in [0, 0.05) is 37.2 Å². The van der Waals surface area contributed by atoms with Gasteiger partial charge in [-0.25, -0.2) is 15.0 Å². The zero-order chi connectivity index (χ0) is 37.3. The third-order valence-electron chi connectivity index (χ3n) is 11.2. The molecule has 56 heavy (non-hydrogen) atoms. The summed E-state index contributed by atoms with van der Waals surface area (Å²) < 4.78 is 2.46. The van der Waals surface area contributed by atoms with Gasteiger partial charge in [0.1, 0.15) is 5.82 Å². The highest BCUT2D eigenvalue weighted by atomic mass is 32.1. The van der Waals surface area contributed by atoms with Crippen molar-refractivity contribution < 1.29 is 0 Å². The van der Waals surface area contributed by atoms with Crippen molar-refractivity contribution >= 4 is 37.1 Å². The fraction of sp³-hybridized carbons (Fsp3) is 0.0962. The largest absolute Gasteiger partial charge is 0.212 e. The molecule has 268 valence electrons. The summed E-state index contributed by atoms with van der Waals surface area (Å²) in [5.41, 5.74) is 8.68. The van der Waals surface area contributed by atoms with Crippen molar-refractivity contribution in [2.75, 3.05) is 0 Å². The number of thiophene rings is 1. The van der Waals surface area contributed by atoms with E-state index in [4.69, 9.17) is 15.0 Å². The number of fused-ring (bicyclic) bond motifs is 3. The van der Waals surface area contributed by atoms with E-state index in [1.54, 1.807) is 0 Å². The van der Waals surface area contributed by atoms with Crippen molar-refractivity contribution in [2.24, 2.45) is 0 Å². The summed E-state index contributed by atoms with van der Waals surface area (Å²) in [7, 11) is 0. The van der Waals surface area contributed by atoms with Gasteiger partial charge in [-0.1, -0.05) is 170 Å². The van der Waals surface area contributed by atoms with E-state index in [0.717, 1.165) is 53.2 Å². The Labute approximate surface area is 331 Å². The van der Waals surface area contributed by atoms with Crippen LogP contribution < -0.4 is 0 Å². The van der Waals surface area contributed by atoms with Crippen LogP contribution in [0.1, 0.15) is 59.1 Å². The lowest BCUT2D eigenvalue weighted by molar-refractivity contribution is 0.745. The first kappa shape index (κ1) is 34.0. The SMILES string of the molecule is C1=CCC(c2nc(C3=CCCC=C3)nc(-c3cc(-c4cccc(C(c5ccccc5)(c5ccccc5)c5ccccc5)c4)cc4sc5ccccc5c34)n2)C=C1. The van der Waals surface area contributed by atoms with Gasteiger partial charge in [0.25, 0.3) is 0 Å². The second kappa shape index (κ2) is 14.6. The Morgan fingerprint density at radius 3 is 1.89 bits per heavy atom. The first-order chi connectivity index (χ1) is 27.8. The monoisotopic (exact) mass is 737 g/mol. The summed E-state index contributed by atoms with van der Waals surface area (Å²) >= 11 is 1.83. The average molecular weight is 738 g/mol. The topological polar surface area (TPSA) is 38.7 Å². The van der Waals surface area contributed by atoms with Crippen LogP contribution in [-0.4, -0.2) is 15.0 Å². The van der Waals surface area contributed by atoms with Gasteiger partial charge in [0.2, 0.25) is 0 Å². The Balaban J connectivity index is 1.22. The van der Waals surface area contributed by atoms with E-state index in [-0.39, 0.29) is 5.92 Å². The maximum atomic E-state index is 5.32. The molecule has 0 radical (unpaired) electrons. The van der Waals surface area contributed by atoms with E-state index in [1.165, 1.54) is 42.4 Å². The number of hydrogen-bond acceptors (Lipinski definition) is 4. The quantitative estimate of drug-likeness (QED) is 0.146. The van der Waals surface area contributed by atoms with Crippen LogP contribution in [0.25, 0.3) is 48.3 Å². The van der Waals surface area contributed by atoms with Crippen molar-refractivity contribution in [3.05, 3.63) is 228 Å². The maximum absolute atomic E-state index is 5.32. The third kappa shape index (κ3) is 6.03. The molecular formula is C52H39N3S. The van der Waals surface area contributed by atoms with Gasteiger partial charge in [-0.3, -0.25) is 0 Å². The molecule has 10 rings (SSSR count). The summed E-state index contributed by atoms with van der Waals surface area (Å²) in [6.45, 7) is 0. The molecule has 4 heteroatoms. The van der Waals surface area contributed by atoms with Crippen LogP contribution in [0.3, 0.4) is 0 Å². The molecule has 0 bridgehead atoms. The number of allylic oxidation sites excluding steroid dienone is 8. The molecule has 0 N–H and O–H groups in total. The predicted octanol–water partition coefficient (Wildman–Crippen LogP) is 13.3. The zero-order valence-corrected chi connectivity index (χ0v) is 31.7. The van der Waals surface area contributed by atoms with Gasteiger partial charge < -0.3 is 0 Å². The van der Waals surface area contributed by atoms with Crippen molar-refractivity contribution in [3.8, 4) is 22.5 Å². The predicted molar refractivity (Wildman–Crippen MR) is 234 cm³/mol. The smallest absolute Gasteiger partial charge is 0.164 e. The molecule has 3 nitrogen and oxygen atoms in total. The molecule has 2 aliphatic carbocycles. The molecular weight excluding hydrogens is 699 g/mol. The summed E-state index contributed by atoms with van der Waals surface area (Å²) in [5.74, 6) is 2.35. The van der Waals surface area contributed by atoms with E-state index in [2.05, 4.69) is 194 Å². The number of nitrogens with zero attached hydrogens (tertiary/aromatic N) is 3. The normalized spacial score (nSPS) is 15.4. The molecule has 2 aliphatic rings. The summed E-state index contributed by atoms with van der Waals surface area (Å²) in [6.07, 6.45) is 18.2. The van der Waals surface area contributed by atoms with Crippen LogP contribution in [0.15, 0.2) is 194 Å². The lowest BCUT2D eigenvalue weighted by Crippen LogP contribution is -2.31. The molecule has 2 aromatic heterocycles. The summed E-state index contributed by atoms with van der Waals surface area (Å²) in [6, 6.07) is 55.3. The van der Waals surface area contributed by atoms with Crippen molar-refractivity contribution in [1.29, 1.82) is 0 Å². The molecule has 0 spiro atoms. The minimum Gasteiger partial charge on any atom is -0.212 e. The van der Waals surface area contributed by atoms with Crippen molar-refractivity contribution in [3.63, 3.8) is 0 Å². The van der Waals surface area contributed by atoms with Gasteiger partial charge in [-0.2, -0.15) is 0 Å². The Bertz CT molecular complexity index is 2730. The lowest BCUT2D eigenvalue weighted by Gasteiger charge is -2.37. The van der Waals surface area contributed by atoms with E-state index in [0.29, 0.717) is 5.82 Å². The number of benzene rings is 6. The van der Waals surface area contributed by atoms with E-state index in [1.807, 2.05) is 11.3 Å². The molecule has 2 heterocycles. The standard InChI is InChI=1S/C52H39N3S/c1-6-19-36(20-7-1)49-53-50(37-21-8-2-9-22-37)55-51(54-49)45-34-39(35-47-48(45)44-31-16-17-32-46(44)56-47)38-23-18-30-43(33-38)52(40-24-10-3-11-25-40,41-26-12-4-13-27-41)42-28-14-5-15-29-42/h1,3-8,10-19,21-36H,2,9,20H2. The van der Waals surface area contributed by atoms with Gasteiger partial charge in [0.05, 0.1) is 5.41 Å². The molecule has 1 unspecified atom stereocenters. The Morgan fingerprint density at radius 1 is 0.536 bits per heavy atom. The highest BCUT2D eigenvalue weighted by molar-refractivity contribution is 7.26. The number of aromatic nitrogens is 3. The van der Waals surface area contributed by atoms with E-state index >= 15 is 0 Å².